The van der Waals surface area contributed by atoms with Gasteiger partial charge in [0.1, 0.15) is 0 Å². The Morgan fingerprint density at radius 2 is 1.25 bits per heavy atom. The fourth-order valence-electron chi connectivity index (χ4n) is 2.50. The highest BCUT2D eigenvalue weighted by molar-refractivity contribution is 6.31. The summed E-state index contributed by atoms with van der Waals surface area (Å²) in [5, 5.41) is 5.12. The molecular formula is C20H13Cl2F3N2O. The number of alkyl halides is 3. The van der Waals surface area contributed by atoms with E-state index in [1.54, 1.807) is 24.3 Å². The maximum atomic E-state index is 12.9. The minimum absolute atomic E-state index is 0.0213. The Morgan fingerprint density at radius 1 is 0.750 bits per heavy atom. The highest BCUT2D eigenvalue weighted by atomic mass is 35.5. The molecule has 0 aliphatic heterocycles. The SMILES string of the molecule is O=C(Nc1ccc(-c2ccc(Cl)cc2)cc1)Nc1ccc(Cl)c(C(F)(F)F)c1. The molecule has 3 rings (SSSR count). The number of halogens is 5. The van der Waals surface area contributed by atoms with Crippen molar-refractivity contribution in [2.75, 3.05) is 10.6 Å². The zero-order chi connectivity index (χ0) is 20.3. The number of hydrogen-bond acceptors (Lipinski definition) is 1. The first-order valence-corrected chi connectivity index (χ1v) is 8.79. The Balaban J connectivity index is 1.67. The average Bonchev–Trinajstić information content (AvgIpc) is 2.64. The molecule has 0 saturated carbocycles. The van der Waals surface area contributed by atoms with Crippen LogP contribution in [0.25, 0.3) is 11.1 Å². The molecule has 0 bridgehead atoms. The van der Waals surface area contributed by atoms with Gasteiger partial charge in [-0.3, -0.25) is 0 Å². The van der Waals surface area contributed by atoms with Gasteiger partial charge in [-0.2, -0.15) is 13.2 Å². The smallest absolute Gasteiger partial charge is 0.308 e. The van der Waals surface area contributed by atoms with E-state index >= 15 is 0 Å². The quantitative estimate of drug-likeness (QED) is 0.454. The Hall–Kier alpha value is -2.70. The van der Waals surface area contributed by atoms with Gasteiger partial charge < -0.3 is 10.6 Å². The van der Waals surface area contributed by atoms with Crippen molar-refractivity contribution in [3.63, 3.8) is 0 Å². The Kier molecular flexibility index (Phi) is 5.82. The van der Waals surface area contributed by atoms with E-state index in [0.29, 0.717) is 10.7 Å². The molecule has 0 fully saturated rings. The lowest BCUT2D eigenvalue weighted by atomic mass is 10.1. The van der Waals surface area contributed by atoms with Crippen molar-refractivity contribution in [1.82, 2.24) is 0 Å². The number of urea groups is 1. The first-order chi connectivity index (χ1) is 13.2. The summed E-state index contributed by atoms with van der Waals surface area (Å²) < 4.78 is 38.7. The van der Waals surface area contributed by atoms with Crippen LogP contribution in [0.4, 0.5) is 29.3 Å². The van der Waals surface area contributed by atoms with E-state index in [1.807, 2.05) is 24.3 Å². The largest absolute Gasteiger partial charge is 0.417 e. The molecule has 3 aromatic carbocycles. The molecule has 0 heterocycles. The third kappa shape index (κ3) is 4.97. The summed E-state index contributed by atoms with van der Waals surface area (Å²) in [4.78, 5) is 12.1. The van der Waals surface area contributed by atoms with Crippen LogP contribution in [0.1, 0.15) is 5.56 Å². The second-order valence-corrected chi connectivity index (χ2v) is 6.70. The predicted octanol–water partition coefficient (Wildman–Crippen LogP) is 7.32. The van der Waals surface area contributed by atoms with Crippen LogP contribution in [0.5, 0.6) is 0 Å². The first kappa shape index (κ1) is 20.0. The van der Waals surface area contributed by atoms with Gasteiger partial charge in [0, 0.05) is 16.4 Å². The second kappa shape index (κ2) is 8.12. The van der Waals surface area contributed by atoms with E-state index in [0.717, 1.165) is 23.3 Å². The van der Waals surface area contributed by atoms with Gasteiger partial charge in [0.05, 0.1) is 10.6 Å². The molecule has 0 aromatic heterocycles. The molecule has 2 N–H and O–H groups in total. The summed E-state index contributed by atoms with van der Waals surface area (Å²) in [5.74, 6) is 0. The molecule has 2 amide bonds. The lowest BCUT2D eigenvalue weighted by Crippen LogP contribution is -2.19. The van der Waals surface area contributed by atoms with Crippen LogP contribution in [-0.2, 0) is 6.18 Å². The van der Waals surface area contributed by atoms with Gasteiger partial charge in [-0.25, -0.2) is 4.79 Å². The number of benzene rings is 3. The van der Waals surface area contributed by atoms with E-state index in [-0.39, 0.29) is 5.69 Å². The van der Waals surface area contributed by atoms with Gasteiger partial charge in [0.25, 0.3) is 0 Å². The number of carbonyl (C=O) groups excluding carboxylic acids is 1. The van der Waals surface area contributed by atoms with Crippen molar-refractivity contribution in [3.8, 4) is 11.1 Å². The van der Waals surface area contributed by atoms with E-state index in [9.17, 15) is 18.0 Å². The van der Waals surface area contributed by atoms with Crippen LogP contribution in [-0.4, -0.2) is 6.03 Å². The minimum atomic E-state index is -4.61. The number of carbonyl (C=O) groups is 1. The number of hydrogen-bond donors (Lipinski definition) is 2. The van der Waals surface area contributed by atoms with Gasteiger partial charge in [-0.15, -0.1) is 0 Å². The van der Waals surface area contributed by atoms with Crippen LogP contribution in [0.3, 0.4) is 0 Å². The molecule has 0 radical (unpaired) electrons. The predicted molar refractivity (Wildman–Crippen MR) is 106 cm³/mol. The number of rotatable bonds is 3. The number of nitrogens with one attached hydrogen (secondary N) is 2. The molecule has 0 unspecified atom stereocenters. The Morgan fingerprint density at radius 3 is 1.82 bits per heavy atom. The van der Waals surface area contributed by atoms with E-state index < -0.39 is 22.8 Å². The molecule has 0 aliphatic carbocycles. The molecule has 0 aliphatic rings. The average molecular weight is 425 g/mol. The molecule has 144 valence electrons. The number of anilines is 2. The molecule has 3 nitrogen and oxygen atoms in total. The molecule has 0 spiro atoms. The zero-order valence-corrected chi connectivity index (χ0v) is 15.7. The summed E-state index contributed by atoms with van der Waals surface area (Å²) in [6.07, 6.45) is -4.61. The minimum Gasteiger partial charge on any atom is -0.308 e. The molecular weight excluding hydrogens is 412 g/mol. The maximum absolute atomic E-state index is 12.9. The molecule has 0 atom stereocenters. The van der Waals surface area contributed by atoms with Crippen LogP contribution < -0.4 is 10.6 Å². The lowest BCUT2D eigenvalue weighted by Gasteiger charge is -2.12. The fraction of sp³-hybridized carbons (Fsp3) is 0.0500. The second-order valence-electron chi connectivity index (χ2n) is 5.86. The van der Waals surface area contributed by atoms with Crippen LogP contribution >= 0.6 is 23.2 Å². The monoisotopic (exact) mass is 424 g/mol. The lowest BCUT2D eigenvalue weighted by molar-refractivity contribution is -0.137. The van der Waals surface area contributed by atoms with E-state index in [1.165, 1.54) is 6.07 Å². The summed E-state index contributed by atoms with van der Waals surface area (Å²) >= 11 is 11.4. The van der Waals surface area contributed by atoms with Crippen molar-refractivity contribution >= 4 is 40.6 Å². The third-order valence-electron chi connectivity index (χ3n) is 3.85. The fourth-order valence-corrected chi connectivity index (χ4v) is 2.85. The number of amides is 2. The van der Waals surface area contributed by atoms with E-state index in [2.05, 4.69) is 10.6 Å². The summed E-state index contributed by atoms with van der Waals surface area (Å²) in [5.41, 5.74) is 1.34. The van der Waals surface area contributed by atoms with E-state index in [4.69, 9.17) is 23.2 Å². The van der Waals surface area contributed by atoms with Crippen molar-refractivity contribution in [2.45, 2.75) is 6.18 Å². The topological polar surface area (TPSA) is 41.1 Å². The summed E-state index contributed by atoms with van der Waals surface area (Å²) in [7, 11) is 0. The summed E-state index contributed by atoms with van der Waals surface area (Å²) in [6.45, 7) is 0. The van der Waals surface area contributed by atoms with Gasteiger partial charge >= 0.3 is 12.2 Å². The highest BCUT2D eigenvalue weighted by Crippen LogP contribution is 2.36. The molecule has 28 heavy (non-hydrogen) atoms. The standard InChI is InChI=1S/C20H13Cl2F3N2O/c21-14-5-1-12(2-6-14)13-3-7-15(8-4-13)26-19(28)27-16-9-10-18(22)17(11-16)20(23,24)25/h1-11H,(H2,26,27,28). The van der Waals surface area contributed by atoms with Gasteiger partial charge in [0.15, 0.2) is 0 Å². The molecule has 8 heteroatoms. The molecule has 3 aromatic rings. The van der Waals surface area contributed by atoms with Crippen LogP contribution in [0, 0.1) is 0 Å². The van der Waals surface area contributed by atoms with Gasteiger partial charge in [0.2, 0.25) is 0 Å². The third-order valence-corrected chi connectivity index (χ3v) is 4.43. The van der Waals surface area contributed by atoms with Gasteiger partial charge in [-0.05, 0) is 53.6 Å². The van der Waals surface area contributed by atoms with Crippen LogP contribution in [0.15, 0.2) is 66.7 Å². The Bertz CT molecular complexity index is 988. The maximum Gasteiger partial charge on any atom is 0.417 e. The first-order valence-electron chi connectivity index (χ1n) is 8.03. The highest BCUT2D eigenvalue weighted by Gasteiger charge is 2.33. The zero-order valence-electron chi connectivity index (χ0n) is 14.1. The van der Waals surface area contributed by atoms with Gasteiger partial charge in [-0.1, -0.05) is 47.5 Å². The Labute approximate surface area is 169 Å². The molecule has 0 saturated heterocycles. The van der Waals surface area contributed by atoms with Crippen molar-refractivity contribution in [2.24, 2.45) is 0 Å². The summed E-state index contributed by atoms with van der Waals surface area (Å²) in [6, 6.07) is 16.8. The van der Waals surface area contributed by atoms with Crippen LogP contribution in [0.2, 0.25) is 10.0 Å². The normalized spacial score (nSPS) is 11.2. The van der Waals surface area contributed by atoms with Crippen molar-refractivity contribution < 1.29 is 18.0 Å². The van der Waals surface area contributed by atoms with Crippen molar-refractivity contribution in [1.29, 1.82) is 0 Å². The van der Waals surface area contributed by atoms with Crippen molar-refractivity contribution in [3.05, 3.63) is 82.3 Å².